The Hall–Kier alpha value is -1.62. The fourth-order valence-corrected chi connectivity index (χ4v) is 7.04. The fraction of sp³-hybridized carbons (Fsp3) is 0.571. The highest BCUT2D eigenvalue weighted by Crippen LogP contribution is 2.59. The van der Waals surface area contributed by atoms with Crippen LogP contribution in [0.3, 0.4) is 0 Å². The van der Waals surface area contributed by atoms with Crippen LogP contribution < -0.4 is 0 Å². The van der Waals surface area contributed by atoms with Crippen molar-refractivity contribution in [1.29, 1.82) is 0 Å². The SMILES string of the molecule is C[C@]12CC[C@@H]3c4cc5c(ccn5S(C)(=O)=O)cc4CC[C@H]3[C@@H]1CCC2=O. The highest BCUT2D eigenvalue weighted by atomic mass is 32.2. The van der Waals surface area contributed by atoms with Crippen LogP contribution in [0.2, 0.25) is 0 Å². The third-order valence-electron chi connectivity index (χ3n) is 7.57. The van der Waals surface area contributed by atoms with Gasteiger partial charge in [-0.3, -0.25) is 4.79 Å². The Balaban J connectivity index is 1.63. The molecule has 4 nitrogen and oxygen atoms in total. The Morgan fingerprint density at radius 3 is 2.73 bits per heavy atom. The molecule has 0 aliphatic heterocycles. The quantitative estimate of drug-likeness (QED) is 0.764. The van der Waals surface area contributed by atoms with Gasteiger partial charge >= 0.3 is 0 Å². The molecule has 3 aliphatic carbocycles. The molecule has 2 fully saturated rings. The van der Waals surface area contributed by atoms with E-state index in [0.29, 0.717) is 23.5 Å². The lowest BCUT2D eigenvalue weighted by molar-refractivity contribution is -0.129. The van der Waals surface area contributed by atoms with E-state index in [-0.39, 0.29) is 5.41 Å². The second kappa shape index (κ2) is 5.22. The van der Waals surface area contributed by atoms with Crippen molar-refractivity contribution in [1.82, 2.24) is 3.97 Å². The molecule has 1 aromatic carbocycles. The Labute approximate surface area is 154 Å². The van der Waals surface area contributed by atoms with Gasteiger partial charge in [-0.15, -0.1) is 0 Å². The van der Waals surface area contributed by atoms with Gasteiger partial charge in [0.25, 0.3) is 0 Å². The van der Waals surface area contributed by atoms with Crippen LogP contribution in [-0.4, -0.2) is 24.4 Å². The van der Waals surface area contributed by atoms with Crippen LogP contribution in [0.4, 0.5) is 0 Å². The molecular weight excluding hydrogens is 346 g/mol. The van der Waals surface area contributed by atoms with Gasteiger partial charge in [0.2, 0.25) is 10.0 Å². The van der Waals surface area contributed by atoms with Crippen LogP contribution in [0.15, 0.2) is 24.4 Å². The summed E-state index contributed by atoms with van der Waals surface area (Å²) in [6.07, 6.45) is 8.91. The Morgan fingerprint density at radius 1 is 1.15 bits per heavy atom. The van der Waals surface area contributed by atoms with Crippen molar-refractivity contribution in [2.75, 3.05) is 6.26 Å². The third-order valence-corrected chi connectivity index (χ3v) is 8.60. The molecule has 26 heavy (non-hydrogen) atoms. The zero-order chi connectivity index (χ0) is 18.3. The zero-order valence-electron chi connectivity index (χ0n) is 15.4. The molecule has 4 atom stereocenters. The number of Topliss-reactive ketones (excluding diaryl/α,β-unsaturated/α-hetero) is 1. The molecule has 0 spiro atoms. The van der Waals surface area contributed by atoms with Gasteiger partial charge in [-0.25, -0.2) is 12.4 Å². The standard InChI is InChI=1S/C21H25NO3S/c1-21-9-7-15-16(18(21)5-6-20(21)23)4-3-13-11-14-8-10-22(26(2,24)25)19(14)12-17(13)15/h8,10-12,15-16,18H,3-7,9H2,1-2H3/t15-,16+,18-,21-/m0/s1. The number of carbonyl (C=O) groups excluding carboxylic acids is 1. The summed E-state index contributed by atoms with van der Waals surface area (Å²) in [5.74, 6) is 1.99. The molecule has 2 saturated carbocycles. The monoisotopic (exact) mass is 371 g/mol. The van der Waals surface area contributed by atoms with Crippen LogP contribution in [-0.2, 0) is 21.2 Å². The number of fused-ring (bicyclic) bond motifs is 6. The lowest BCUT2D eigenvalue weighted by atomic mass is 9.55. The molecule has 3 aliphatic rings. The van der Waals surface area contributed by atoms with E-state index in [1.54, 1.807) is 6.20 Å². The van der Waals surface area contributed by atoms with Gasteiger partial charge in [-0.2, -0.15) is 0 Å². The lowest BCUT2D eigenvalue weighted by Gasteiger charge is -2.48. The van der Waals surface area contributed by atoms with Crippen molar-refractivity contribution in [2.45, 2.75) is 51.4 Å². The van der Waals surface area contributed by atoms with E-state index in [1.807, 2.05) is 6.07 Å². The van der Waals surface area contributed by atoms with Gasteiger partial charge in [0.1, 0.15) is 5.78 Å². The van der Waals surface area contributed by atoms with E-state index in [2.05, 4.69) is 19.1 Å². The second-order valence-corrected chi connectivity index (χ2v) is 10.7. The van der Waals surface area contributed by atoms with Crippen LogP contribution in [0, 0.1) is 17.3 Å². The fourth-order valence-electron chi connectivity index (χ4n) is 6.24. The van der Waals surface area contributed by atoms with Crippen molar-refractivity contribution >= 4 is 26.7 Å². The molecule has 0 bridgehead atoms. The number of carbonyl (C=O) groups is 1. The van der Waals surface area contributed by atoms with E-state index in [4.69, 9.17) is 0 Å². The van der Waals surface area contributed by atoms with Crippen molar-refractivity contribution in [2.24, 2.45) is 17.3 Å². The third kappa shape index (κ3) is 2.13. The van der Waals surface area contributed by atoms with Gasteiger partial charge in [0.15, 0.2) is 0 Å². The van der Waals surface area contributed by atoms with E-state index in [1.165, 1.54) is 21.4 Å². The molecule has 0 N–H and O–H groups in total. The summed E-state index contributed by atoms with van der Waals surface area (Å²) in [7, 11) is -3.30. The summed E-state index contributed by atoms with van der Waals surface area (Å²) < 4.78 is 25.6. The Morgan fingerprint density at radius 2 is 1.96 bits per heavy atom. The number of nitrogens with zero attached hydrogens (tertiary/aromatic N) is 1. The molecule has 0 unspecified atom stereocenters. The molecule has 1 heterocycles. The molecule has 5 rings (SSSR count). The highest BCUT2D eigenvalue weighted by molar-refractivity contribution is 7.89. The second-order valence-electron chi connectivity index (χ2n) is 8.82. The van der Waals surface area contributed by atoms with Gasteiger partial charge in [-0.1, -0.05) is 6.92 Å². The average Bonchev–Trinajstić information content (AvgIpc) is 3.13. The molecular formula is C21H25NO3S. The van der Waals surface area contributed by atoms with Crippen molar-refractivity contribution in [3.63, 3.8) is 0 Å². The average molecular weight is 372 g/mol. The molecule has 5 heteroatoms. The van der Waals surface area contributed by atoms with Crippen LogP contribution >= 0.6 is 0 Å². The first-order valence-corrected chi connectivity index (χ1v) is 11.5. The number of aromatic nitrogens is 1. The van der Waals surface area contributed by atoms with Gasteiger partial charge in [0.05, 0.1) is 11.8 Å². The maximum atomic E-state index is 12.5. The number of aryl methyl sites for hydroxylation is 1. The topological polar surface area (TPSA) is 56.1 Å². The smallest absolute Gasteiger partial charge is 0.236 e. The molecule has 0 radical (unpaired) electrons. The van der Waals surface area contributed by atoms with E-state index in [0.717, 1.165) is 49.4 Å². The van der Waals surface area contributed by atoms with Crippen LogP contribution in [0.25, 0.3) is 10.9 Å². The largest absolute Gasteiger partial charge is 0.299 e. The zero-order valence-corrected chi connectivity index (χ0v) is 16.2. The van der Waals surface area contributed by atoms with Crippen molar-refractivity contribution < 1.29 is 13.2 Å². The molecule has 0 amide bonds. The number of benzene rings is 1. The van der Waals surface area contributed by atoms with Crippen molar-refractivity contribution in [3.8, 4) is 0 Å². The minimum Gasteiger partial charge on any atom is -0.299 e. The van der Waals surface area contributed by atoms with Crippen molar-refractivity contribution in [3.05, 3.63) is 35.5 Å². The number of hydrogen-bond donors (Lipinski definition) is 0. The highest BCUT2D eigenvalue weighted by Gasteiger charge is 2.54. The first kappa shape index (κ1) is 16.5. The summed E-state index contributed by atoms with van der Waals surface area (Å²) in [4.78, 5) is 12.5. The van der Waals surface area contributed by atoms with Gasteiger partial charge < -0.3 is 0 Å². The molecule has 2 aromatic rings. The maximum absolute atomic E-state index is 12.5. The lowest BCUT2D eigenvalue weighted by Crippen LogP contribution is -2.42. The summed E-state index contributed by atoms with van der Waals surface area (Å²) in [5, 5.41) is 1.00. The number of rotatable bonds is 1. The Bertz CT molecular complexity index is 1030. The normalized spacial score (nSPS) is 33.8. The Kier molecular flexibility index (Phi) is 3.32. The predicted molar refractivity (Wildman–Crippen MR) is 102 cm³/mol. The molecule has 1 aromatic heterocycles. The maximum Gasteiger partial charge on any atom is 0.236 e. The molecule has 138 valence electrons. The van der Waals surface area contributed by atoms with Crippen LogP contribution in [0.5, 0.6) is 0 Å². The first-order valence-electron chi connectivity index (χ1n) is 9.67. The number of ketones is 1. The molecule has 0 saturated heterocycles. The summed E-state index contributed by atoms with van der Waals surface area (Å²) in [6, 6.07) is 6.22. The van der Waals surface area contributed by atoms with E-state index >= 15 is 0 Å². The number of hydrogen-bond acceptors (Lipinski definition) is 3. The van der Waals surface area contributed by atoms with Gasteiger partial charge in [-0.05, 0) is 79.2 Å². The van der Waals surface area contributed by atoms with E-state index < -0.39 is 10.0 Å². The van der Waals surface area contributed by atoms with Crippen LogP contribution in [0.1, 0.15) is 56.1 Å². The summed E-state index contributed by atoms with van der Waals surface area (Å²) >= 11 is 0. The summed E-state index contributed by atoms with van der Waals surface area (Å²) in [5.41, 5.74) is 3.38. The minimum atomic E-state index is -3.30. The van der Waals surface area contributed by atoms with Gasteiger partial charge in [0, 0.05) is 23.4 Å². The minimum absolute atomic E-state index is 0.115. The van der Waals surface area contributed by atoms with E-state index in [9.17, 15) is 13.2 Å². The first-order chi connectivity index (χ1) is 12.3. The summed E-state index contributed by atoms with van der Waals surface area (Å²) in [6.45, 7) is 2.19. The predicted octanol–water partition coefficient (Wildman–Crippen LogP) is 3.87.